The molecular weight excluding hydrogens is 317 g/mol. The Morgan fingerprint density at radius 2 is 1.96 bits per heavy atom. The first-order chi connectivity index (χ1) is 10.9. The lowest BCUT2D eigenvalue weighted by Crippen LogP contribution is -2.24. The monoisotopic (exact) mass is 331 g/mol. The molecule has 2 aromatic carbocycles. The predicted octanol–water partition coefficient (Wildman–Crippen LogP) is 2.19. The van der Waals surface area contributed by atoms with Crippen molar-refractivity contribution in [1.29, 1.82) is 0 Å². The molecule has 0 spiro atoms. The summed E-state index contributed by atoms with van der Waals surface area (Å²) < 4.78 is 14.5. The summed E-state index contributed by atoms with van der Waals surface area (Å²) in [5.74, 6) is 0. The fourth-order valence-corrected chi connectivity index (χ4v) is 4.13. The van der Waals surface area contributed by atoms with E-state index in [0.29, 0.717) is 17.6 Å². The van der Waals surface area contributed by atoms with Crippen molar-refractivity contribution in [3.05, 3.63) is 58.6 Å². The molecule has 0 radical (unpaired) electrons. The molecule has 8 heteroatoms. The van der Waals surface area contributed by atoms with Gasteiger partial charge in [-0.2, -0.15) is 0 Å². The number of nitro benzene ring substituents is 1. The van der Waals surface area contributed by atoms with Crippen molar-refractivity contribution in [1.82, 2.24) is 9.55 Å². The molecule has 0 bridgehead atoms. The van der Waals surface area contributed by atoms with Crippen molar-refractivity contribution < 1.29 is 14.4 Å². The molecule has 3 aromatic rings. The highest BCUT2D eigenvalue weighted by Crippen LogP contribution is 2.38. The molecule has 0 saturated carbocycles. The van der Waals surface area contributed by atoms with Crippen molar-refractivity contribution in [3.63, 3.8) is 0 Å². The van der Waals surface area contributed by atoms with Gasteiger partial charge in [-0.3, -0.25) is 14.7 Å². The number of nitro groups is 1. The van der Waals surface area contributed by atoms with E-state index >= 15 is 0 Å². The number of hydrogen-bond acceptors (Lipinski definition) is 4. The summed E-state index contributed by atoms with van der Waals surface area (Å²) in [6.07, 6.45) is 0. The van der Waals surface area contributed by atoms with E-state index in [1.54, 1.807) is 41.0 Å². The van der Waals surface area contributed by atoms with Crippen LogP contribution in [0.3, 0.4) is 0 Å². The average molecular weight is 331 g/mol. The second-order valence-electron chi connectivity index (χ2n) is 5.00. The maximum absolute atomic E-state index is 12.9. The zero-order valence-corrected chi connectivity index (χ0v) is 13.2. The molecule has 1 heterocycles. The van der Waals surface area contributed by atoms with Gasteiger partial charge in [-0.15, -0.1) is 0 Å². The Labute approximate surface area is 131 Å². The van der Waals surface area contributed by atoms with Crippen LogP contribution in [0.25, 0.3) is 11.0 Å². The summed E-state index contributed by atoms with van der Waals surface area (Å²) in [6, 6.07) is 12.5. The van der Waals surface area contributed by atoms with Crippen LogP contribution in [0.15, 0.2) is 48.5 Å². The molecule has 0 aliphatic carbocycles. The second-order valence-corrected chi connectivity index (χ2v) is 7.07. The maximum Gasteiger partial charge on any atom is 0.293 e. The maximum atomic E-state index is 12.9. The smallest absolute Gasteiger partial charge is 0.293 e. The summed E-state index contributed by atoms with van der Waals surface area (Å²) in [7, 11) is -3.88. The highest BCUT2D eigenvalue weighted by Gasteiger charge is 2.31. The van der Waals surface area contributed by atoms with Crippen molar-refractivity contribution in [2.24, 2.45) is 0 Å². The number of aromatic nitrogens is 2. The lowest BCUT2D eigenvalue weighted by Gasteiger charge is -2.13. The molecular formula is C15H14N3O4P. The van der Waals surface area contributed by atoms with E-state index in [1.807, 2.05) is 6.92 Å². The summed E-state index contributed by atoms with van der Waals surface area (Å²) in [6.45, 7) is 2.26. The predicted molar refractivity (Wildman–Crippen MR) is 87.6 cm³/mol. The normalized spacial score (nSPS) is 13.8. The largest absolute Gasteiger partial charge is 0.336 e. The SMILES string of the molecule is CCn1c(P(=O)(O)c2ccccc2)nc2cc([N+](=O)[O-])ccc21. The van der Waals surface area contributed by atoms with Crippen LogP contribution in [0.5, 0.6) is 0 Å². The molecule has 0 aliphatic heterocycles. The van der Waals surface area contributed by atoms with Crippen molar-refractivity contribution >= 4 is 35.0 Å². The molecule has 1 atom stereocenters. The molecule has 1 unspecified atom stereocenters. The van der Waals surface area contributed by atoms with Crippen LogP contribution in [0, 0.1) is 10.1 Å². The molecule has 0 fully saturated rings. The van der Waals surface area contributed by atoms with Gasteiger partial charge in [-0.05, 0) is 25.1 Å². The Morgan fingerprint density at radius 3 is 2.57 bits per heavy atom. The number of hydrogen-bond donors (Lipinski definition) is 1. The standard InChI is InChI=1S/C15H14N3O4P/c1-2-17-14-9-8-11(18(19)20)10-13(14)16-15(17)23(21,22)12-6-4-3-5-7-12/h3-10H,2H2,1H3,(H,21,22). The third kappa shape index (κ3) is 2.54. The molecule has 3 rings (SSSR count). The Morgan fingerprint density at radius 1 is 1.26 bits per heavy atom. The molecule has 1 N–H and O–H groups in total. The number of imidazole rings is 1. The van der Waals surface area contributed by atoms with Crippen molar-refractivity contribution in [3.8, 4) is 0 Å². The minimum atomic E-state index is -3.88. The summed E-state index contributed by atoms with van der Waals surface area (Å²) in [5.41, 5.74) is 0.860. The van der Waals surface area contributed by atoms with E-state index in [2.05, 4.69) is 4.98 Å². The Bertz CT molecular complexity index is 937. The number of fused-ring (bicyclic) bond motifs is 1. The van der Waals surface area contributed by atoms with Crippen LogP contribution in [-0.2, 0) is 11.1 Å². The zero-order valence-electron chi connectivity index (χ0n) is 12.3. The van der Waals surface area contributed by atoms with Crippen LogP contribution in [0.1, 0.15) is 6.92 Å². The highest BCUT2D eigenvalue weighted by molar-refractivity contribution is 7.73. The fraction of sp³-hybridized carbons (Fsp3) is 0.133. The van der Waals surface area contributed by atoms with Gasteiger partial charge >= 0.3 is 0 Å². The molecule has 7 nitrogen and oxygen atoms in total. The van der Waals surface area contributed by atoms with Gasteiger partial charge in [0.2, 0.25) is 5.57 Å². The molecule has 0 aliphatic rings. The quantitative estimate of drug-likeness (QED) is 0.449. The number of nitrogens with zero attached hydrogens (tertiary/aromatic N) is 3. The topological polar surface area (TPSA) is 98.3 Å². The molecule has 118 valence electrons. The van der Waals surface area contributed by atoms with Gasteiger partial charge in [0.15, 0.2) is 0 Å². The number of rotatable bonds is 4. The van der Waals surface area contributed by atoms with Crippen LogP contribution < -0.4 is 10.9 Å². The third-order valence-corrected chi connectivity index (χ3v) is 5.50. The summed E-state index contributed by atoms with van der Waals surface area (Å²) >= 11 is 0. The first-order valence-corrected chi connectivity index (χ1v) is 8.64. The second kappa shape index (κ2) is 5.61. The van der Waals surface area contributed by atoms with Gasteiger partial charge in [0.1, 0.15) is 0 Å². The number of non-ortho nitro benzene ring substituents is 1. The van der Waals surface area contributed by atoms with Crippen LogP contribution in [0.4, 0.5) is 5.69 Å². The molecule has 23 heavy (non-hydrogen) atoms. The number of aryl methyl sites for hydroxylation is 1. The van der Waals surface area contributed by atoms with Crippen molar-refractivity contribution in [2.75, 3.05) is 0 Å². The van der Waals surface area contributed by atoms with Crippen LogP contribution in [-0.4, -0.2) is 19.4 Å². The van der Waals surface area contributed by atoms with Crippen molar-refractivity contribution in [2.45, 2.75) is 13.5 Å². The van der Waals surface area contributed by atoms with E-state index in [0.717, 1.165) is 0 Å². The average Bonchev–Trinajstić information content (AvgIpc) is 2.94. The Hall–Kier alpha value is -2.50. The van der Waals surface area contributed by atoms with E-state index < -0.39 is 12.3 Å². The Balaban J connectivity index is 2.25. The van der Waals surface area contributed by atoms with Gasteiger partial charge in [0.25, 0.3) is 13.1 Å². The third-order valence-electron chi connectivity index (χ3n) is 3.62. The summed E-state index contributed by atoms with van der Waals surface area (Å²) in [5, 5.41) is 11.2. The highest BCUT2D eigenvalue weighted by atomic mass is 31.2. The molecule has 0 saturated heterocycles. The van der Waals surface area contributed by atoms with E-state index in [-0.39, 0.29) is 16.6 Å². The van der Waals surface area contributed by atoms with Gasteiger partial charge < -0.3 is 9.46 Å². The van der Waals surface area contributed by atoms with E-state index in [1.165, 1.54) is 12.1 Å². The van der Waals surface area contributed by atoms with E-state index in [4.69, 9.17) is 0 Å². The van der Waals surface area contributed by atoms with Crippen LogP contribution in [0.2, 0.25) is 0 Å². The van der Waals surface area contributed by atoms with E-state index in [9.17, 15) is 19.6 Å². The fourth-order valence-electron chi connectivity index (χ4n) is 2.51. The molecule has 1 aromatic heterocycles. The van der Waals surface area contributed by atoms with Gasteiger partial charge in [-0.25, -0.2) is 4.98 Å². The van der Waals surface area contributed by atoms with Gasteiger partial charge in [-0.1, -0.05) is 18.2 Å². The Kier molecular flexibility index (Phi) is 3.75. The zero-order chi connectivity index (χ0) is 16.6. The molecule has 0 amide bonds. The lowest BCUT2D eigenvalue weighted by atomic mass is 10.3. The minimum absolute atomic E-state index is 0.0293. The summed E-state index contributed by atoms with van der Waals surface area (Å²) in [4.78, 5) is 25.2. The van der Waals surface area contributed by atoms with Crippen LogP contribution >= 0.6 is 7.37 Å². The number of benzene rings is 2. The first-order valence-electron chi connectivity index (χ1n) is 6.99. The van der Waals surface area contributed by atoms with Gasteiger partial charge in [0.05, 0.1) is 16.0 Å². The minimum Gasteiger partial charge on any atom is -0.336 e. The van der Waals surface area contributed by atoms with Gasteiger partial charge in [0, 0.05) is 24.0 Å². The lowest BCUT2D eigenvalue weighted by molar-refractivity contribution is -0.384. The first kappa shape index (κ1) is 15.4.